The molecule has 0 amide bonds. The minimum absolute atomic E-state index is 0.297. The second-order valence-corrected chi connectivity index (χ2v) is 12.5. The predicted octanol–water partition coefficient (Wildman–Crippen LogP) is 3.71. The van der Waals surface area contributed by atoms with Crippen LogP contribution in [-0.4, -0.2) is 73.1 Å². The van der Waals surface area contributed by atoms with Gasteiger partial charge in [0.15, 0.2) is 0 Å². The summed E-state index contributed by atoms with van der Waals surface area (Å²) < 4.78 is 33.9. The first kappa shape index (κ1) is 28.4. The number of fused-ring (bicyclic) bond motifs is 1. The highest BCUT2D eigenvalue weighted by molar-refractivity contribution is 7.88. The lowest BCUT2D eigenvalue weighted by atomic mass is 10.0. The average molecular weight is 578 g/mol. The molecule has 1 saturated heterocycles. The largest absolute Gasteiger partial charge is 0.379 e. The van der Waals surface area contributed by atoms with Gasteiger partial charge in [0.25, 0.3) is 0 Å². The van der Waals surface area contributed by atoms with Gasteiger partial charge in [0, 0.05) is 73.6 Å². The Kier molecular flexibility index (Phi) is 8.90. The van der Waals surface area contributed by atoms with Crippen molar-refractivity contribution >= 4 is 21.6 Å². The second kappa shape index (κ2) is 12.6. The summed E-state index contributed by atoms with van der Waals surface area (Å²) in [6.45, 7) is 5.93. The van der Waals surface area contributed by atoms with Gasteiger partial charge in [-0.1, -0.05) is 41.6 Å². The number of aryl methyl sites for hydroxylation is 1. The quantitative estimate of drug-likeness (QED) is 0.398. The number of aromatic nitrogens is 2. The van der Waals surface area contributed by atoms with E-state index in [1.807, 2.05) is 42.5 Å². The monoisotopic (exact) mass is 577 g/mol. The third kappa shape index (κ3) is 6.75. The fraction of sp³-hybridized carbons (Fsp3) is 0.400. The minimum atomic E-state index is -3.33. The van der Waals surface area contributed by atoms with E-state index in [2.05, 4.69) is 27.5 Å². The Balaban J connectivity index is 1.43. The molecule has 0 N–H and O–H groups in total. The first-order valence-corrected chi connectivity index (χ1v) is 15.7. The number of nitrogens with zero attached hydrogens (tertiary/aromatic N) is 5. The van der Waals surface area contributed by atoms with E-state index >= 15 is 0 Å². The van der Waals surface area contributed by atoms with Crippen LogP contribution in [0.4, 0.5) is 0 Å². The molecular weight excluding hydrogens is 546 g/mol. The highest BCUT2D eigenvalue weighted by atomic mass is 35.5. The van der Waals surface area contributed by atoms with Crippen LogP contribution in [0.2, 0.25) is 5.02 Å². The number of sulfonamides is 1. The van der Waals surface area contributed by atoms with E-state index in [1.165, 1.54) is 10.6 Å². The Morgan fingerprint density at radius 2 is 1.82 bits per heavy atom. The van der Waals surface area contributed by atoms with E-state index in [-0.39, 0.29) is 0 Å². The zero-order valence-electron chi connectivity index (χ0n) is 22.6. The number of nitriles is 1. The fourth-order valence-corrected chi connectivity index (χ4v) is 6.09. The third-order valence-corrected chi connectivity index (χ3v) is 8.91. The second-order valence-electron chi connectivity index (χ2n) is 10.1. The van der Waals surface area contributed by atoms with Crippen molar-refractivity contribution in [2.75, 3.05) is 45.6 Å². The molecule has 3 aromatic rings. The van der Waals surface area contributed by atoms with Crippen molar-refractivity contribution in [3.05, 3.63) is 75.4 Å². The van der Waals surface area contributed by atoms with Crippen molar-refractivity contribution in [3.63, 3.8) is 0 Å². The van der Waals surface area contributed by atoms with Gasteiger partial charge in [-0.2, -0.15) is 14.7 Å². The number of hydrogen-bond donors (Lipinski definition) is 0. The Hall–Kier alpha value is -3.18. The lowest BCUT2D eigenvalue weighted by molar-refractivity contribution is 0.0368. The lowest BCUT2D eigenvalue weighted by Gasteiger charge is -2.27. The summed E-state index contributed by atoms with van der Waals surface area (Å²) in [5.41, 5.74) is 6.11. The molecule has 2 aromatic carbocycles. The van der Waals surface area contributed by atoms with Gasteiger partial charge in [0.1, 0.15) is 0 Å². The van der Waals surface area contributed by atoms with E-state index in [0.29, 0.717) is 36.5 Å². The SMILES string of the molecule is CS(=O)(=O)N1CCc2c(c(-c3ccc(Cl)c(C#Cc4ccc(CC#N)cc4)c3)nn2CCCN2CCOCC2)C1. The highest BCUT2D eigenvalue weighted by Gasteiger charge is 2.30. The highest BCUT2D eigenvalue weighted by Crippen LogP contribution is 2.33. The Labute approximate surface area is 241 Å². The molecular formula is C30H32ClN5O3S. The molecule has 0 spiro atoms. The number of ether oxygens (including phenoxy) is 1. The van der Waals surface area contributed by atoms with Crippen molar-refractivity contribution in [3.8, 4) is 29.2 Å². The molecule has 3 heterocycles. The van der Waals surface area contributed by atoms with Crippen LogP contribution in [0.3, 0.4) is 0 Å². The molecule has 8 nitrogen and oxygen atoms in total. The molecule has 5 rings (SSSR count). The van der Waals surface area contributed by atoms with Crippen LogP contribution in [0.5, 0.6) is 0 Å². The van der Waals surface area contributed by atoms with Gasteiger partial charge in [-0.3, -0.25) is 9.58 Å². The maximum absolute atomic E-state index is 12.4. The number of morpholine rings is 1. The molecule has 2 aliphatic rings. The Bertz CT molecular complexity index is 1580. The molecule has 1 fully saturated rings. The molecule has 208 valence electrons. The molecule has 2 aliphatic heterocycles. The number of hydrogen-bond acceptors (Lipinski definition) is 6. The fourth-order valence-electron chi connectivity index (χ4n) is 5.14. The summed E-state index contributed by atoms with van der Waals surface area (Å²) in [5, 5.41) is 14.4. The van der Waals surface area contributed by atoms with Crippen molar-refractivity contribution < 1.29 is 13.2 Å². The van der Waals surface area contributed by atoms with Crippen LogP contribution in [0, 0.1) is 23.2 Å². The summed E-state index contributed by atoms with van der Waals surface area (Å²) in [6, 6.07) is 15.4. The standard InChI is InChI=1S/C30H32ClN5O3S/c1-40(37,38)35-16-12-29-27(22-35)30(33-36(29)15-2-14-34-17-19-39-20-18-34)26-9-10-28(31)25(21-26)8-7-23-3-5-24(6-4-23)11-13-32/h3-6,9-10,21H,2,11-12,14-20,22H2,1H3. The molecule has 40 heavy (non-hydrogen) atoms. The van der Waals surface area contributed by atoms with Crippen LogP contribution < -0.4 is 0 Å². The molecule has 1 aromatic heterocycles. The predicted molar refractivity (Wildman–Crippen MR) is 155 cm³/mol. The van der Waals surface area contributed by atoms with Gasteiger partial charge >= 0.3 is 0 Å². The van der Waals surface area contributed by atoms with Crippen molar-refractivity contribution in [2.45, 2.75) is 32.4 Å². The Morgan fingerprint density at radius 1 is 1.05 bits per heavy atom. The Morgan fingerprint density at radius 3 is 2.55 bits per heavy atom. The first-order chi connectivity index (χ1) is 19.3. The zero-order chi connectivity index (χ0) is 28.1. The summed E-state index contributed by atoms with van der Waals surface area (Å²) in [7, 11) is -3.33. The molecule has 0 unspecified atom stereocenters. The normalized spacial score (nSPS) is 16.1. The van der Waals surface area contributed by atoms with Crippen molar-refractivity contribution in [1.82, 2.24) is 19.0 Å². The summed E-state index contributed by atoms with van der Waals surface area (Å²) in [4.78, 5) is 2.41. The maximum atomic E-state index is 12.4. The van der Waals surface area contributed by atoms with Crippen LogP contribution >= 0.6 is 11.6 Å². The van der Waals surface area contributed by atoms with E-state index in [0.717, 1.165) is 79.5 Å². The average Bonchev–Trinajstić information content (AvgIpc) is 3.31. The minimum Gasteiger partial charge on any atom is -0.379 e. The van der Waals surface area contributed by atoms with E-state index in [9.17, 15) is 8.42 Å². The maximum Gasteiger partial charge on any atom is 0.211 e. The molecule has 10 heteroatoms. The van der Waals surface area contributed by atoms with Gasteiger partial charge in [-0.25, -0.2) is 8.42 Å². The van der Waals surface area contributed by atoms with E-state index in [4.69, 9.17) is 26.7 Å². The third-order valence-electron chi connectivity index (χ3n) is 7.33. The zero-order valence-corrected chi connectivity index (χ0v) is 24.1. The van der Waals surface area contributed by atoms with Crippen molar-refractivity contribution in [1.29, 1.82) is 5.26 Å². The van der Waals surface area contributed by atoms with E-state index < -0.39 is 10.0 Å². The molecule has 0 saturated carbocycles. The van der Waals surface area contributed by atoms with Crippen LogP contribution in [0.25, 0.3) is 11.3 Å². The van der Waals surface area contributed by atoms with Gasteiger partial charge in [0.2, 0.25) is 10.0 Å². The summed E-state index contributed by atoms with van der Waals surface area (Å²) >= 11 is 6.53. The van der Waals surface area contributed by atoms with Crippen LogP contribution in [0.1, 0.15) is 34.4 Å². The molecule has 0 radical (unpaired) electrons. The van der Waals surface area contributed by atoms with Gasteiger partial charge in [-0.15, -0.1) is 0 Å². The van der Waals surface area contributed by atoms with Gasteiger partial charge < -0.3 is 4.74 Å². The van der Waals surface area contributed by atoms with Crippen LogP contribution in [-0.2, 0) is 40.7 Å². The lowest BCUT2D eigenvalue weighted by Crippen LogP contribution is -2.37. The van der Waals surface area contributed by atoms with E-state index in [1.54, 1.807) is 0 Å². The summed E-state index contributed by atoms with van der Waals surface area (Å²) in [6.07, 6.45) is 3.19. The van der Waals surface area contributed by atoms with Gasteiger partial charge in [0.05, 0.1) is 42.7 Å². The van der Waals surface area contributed by atoms with Gasteiger partial charge in [-0.05, 0) is 36.2 Å². The summed E-state index contributed by atoms with van der Waals surface area (Å²) in [5.74, 6) is 6.34. The molecule has 0 bridgehead atoms. The molecule has 0 atom stereocenters. The smallest absolute Gasteiger partial charge is 0.211 e. The number of halogens is 1. The molecule has 0 aliphatic carbocycles. The number of benzene rings is 2. The topological polar surface area (TPSA) is 91.5 Å². The first-order valence-electron chi connectivity index (χ1n) is 13.4. The number of rotatable bonds is 7. The van der Waals surface area contributed by atoms with Crippen LogP contribution in [0.15, 0.2) is 42.5 Å². The van der Waals surface area contributed by atoms with Crippen molar-refractivity contribution in [2.24, 2.45) is 0 Å².